The van der Waals surface area contributed by atoms with E-state index in [1.54, 1.807) is 13.8 Å². The first kappa shape index (κ1) is 16.7. The highest BCUT2D eigenvalue weighted by atomic mass is 19.4. The number of halogens is 3. The molecular weight excluding hydrogens is 309 g/mol. The van der Waals surface area contributed by atoms with Gasteiger partial charge in [-0.1, -0.05) is 12.1 Å². The minimum absolute atomic E-state index is 0.0935. The van der Waals surface area contributed by atoms with Crippen LogP contribution in [-0.2, 0) is 11.0 Å². The van der Waals surface area contributed by atoms with Crippen molar-refractivity contribution < 1.29 is 18.0 Å². The first-order valence-corrected chi connectivity index (χ1v) is 6.73. The molecule has 0 saturated carbocycles. The molecule has 0 atom stereocenters. The lowest BCUT2D eigenvalue weighted by atomic mass is 10.1. The second-order valence-corrected chi connectivity index (χ2v) is 5.00. The lowest BCUT2D eigenvalue weighted by Crippen LogP contribution is -2.23. The molecule has 0 saturated heterocycles. The van der Waals surface area contributed by atoms with E-state index >= 15 is 0 Å². The molecule has 0 spiro atoms. The monoisotopic (exact) mass is 324 g/mol. The second-order valence-electron chi connectivity index (χ2n) is 5.00. The largest absolute Gasteiger partial charge is 0.416 e. The number of benzene rings is 1. The Labute approximate surface area is 130 Å². The maximum absolute atomic E-state index is 12.6. The maximum atomic E-state index is 12.6. The van der Waals surface area contributed by atoms with Gasteiger partial charge in [-0.3, -0.25) is 4.79 Å². The molecule has 0 aliphatic carbocycles. The van der Waals surface area contributed by atoms with Gasteiger partial charge in [-0.2, -0.15) is 13.2 Å². The van der Waals surface area contributed by atoms with Crippen molar-refractivity contribution in [2.45, 2.75) is 20.0 Å². The molecule has 1 amide bonds. The highest BCUT2D eigenvalue weighted by molar-refractivity contribution is 5.78. The minimum atomic E-state index is -4.39. The average Bonchev–Trinajstić information content (AvgIpc) is 2.47. The molecule has 0 fully saturated rings. The molecule has 5 nitrogen and oxygen atoms in total. The van der Waals surface area contributed by atoms with E-state index in [1.807, 2.05) is 0 Å². The number of rotatable bonds is 4. The number of carbonyl (C=O) groups excluding carboxylic acids is 1. The van der Waals surface area contributed by atoms with E-state index in [-0.39, 0.29) is 12.4 Å². The zero-order valence-corrected chi connectivity index (χ0v) is 12.5. The summed E-state index contributed by atoms with van der Waals surface area (Å²) < 4.78 is 37.8. The van der Waals surface area contributed by atoms with Crippen LogP contribution in [0.3, 0.4) is 0 Å². The van der Waals surface area contributed by atoms with E-state index in [9.17, 15) is 18.0 Å². The van der Waals surface area contributed by atoms with Crippen LogP contribution in [0.5, 0.6) is 0 Å². The molecule has 0 bridgehead atoms. The number of anilines is 1. The van der Waals surface area contributed by atoms with Gasteiger partial charge in [0.2, 0.25) is 5.91 Å². The van der Waals surface area contributed by atoms with E-state index in [1.165, 1.54) is 12.1 Å². The number of nitrogens with two attached hydrogens (primary N) is 1. The summed E-state index contributed by atoms with van der Waals surface area (Å²) in [5.41, 5.74) is 6.18. The van der Waals surface area contributed by atoms with Crippen LogP contribution in [0.15, 0.2) is 24.3 Å². The lowest BCUT2D eigenvalue weighted by molar-refractivity contribution is -0.137. The summed E-state index contributed by atoms with van der Waals surface area (Å²) in [4.78, 5) is 19.4. The Morgan fingerprint density at radius 1 is 1.17 bits per heavy atom. The average molecular weight is 324 g/mol. The Morgan fingerprint density at radius 3 is 2.30 bits per heavy atom. The Morgan fingerprint density at radius 2 is 1.78 bits per heavy atom. The zero-order valence-electron chi connectivity index (χ0n) is 12.5. The number of nitrogens with zero attached hydrogens (tertiary/aromatic N) is 2. The zero-order chi connectivity index (χ0) is 17.2. The number of alkyl halides is 3. The third-order valence-electron chi connectivity index (χ3n) is 3.29. The predicted octanol–water partition coefficient (Wildman–Crippen LogP) is 2.68. The van der Waals surface area contributed by atoms with Crippen LogP contribution in [0, 0.1) is 13.8 Å². The molecule has 1 aromatic carbocycles. The van der Waals surface area contributed by atoms with Crippen molar-refractivity contribution >= 4 is 11.7 Å². The summed E-state index contributed by atoms with van der Waals surface area (Å²) >= 11 is 0. The molecule has 0 aliphatic heterocycles. The molecule has 0 aliphatic rings. The molecule has 0 unspecified atom stereocenters. The number of carbonyl (C=O) groups is 1. The summed E-state index contributed by atoms with van der Waals surface area (Å²) in [5.74, 6) is 0.150. The predicted molar refractivity (Wildman–Crippen MR) is 79.6 cm³/mol. The molecule has 23 heavy (non-hydrogen) atoms. The van der Waals surface area contributed by atoms with Crippen molar-refractivity contribution in [2.75, 3.05) is 11.9 Å². The number of nitrogens with one attached hydrogen (secondary N) is 1. The first-order chi connectivity index (χ1) is 10.7. The van der Waals surface area contributed by atoms with Gasteiger partial charge in [-0.25, -0.2) is 9.97 Å². The van der Waals surface area contributed by atoms with Crippen LogP contribution in [-0.4, -0.2) is 22.4 Å². The minimum Gasteiger partial charge on any atom is -0.368 e. The van der Waals surface area contributed by atoms with Gasteiger partial charge >= 0.3 is 6.18 Å². The van der Waals surface area contributed by atoms with E-state index in [0.717, 1.165) is 17.7 Å². The Hall–Kier alpha value is -2.64. The highest BCUT2D eigenvalue weighted by Crippen LogP contribution is 2.30. The van der Waals surface area contributed by atoms with Gasteiger partial charge < -0.3 is 11.1 Å². The third kappa shape index (κ3) is 3.97. The van der Waals surface area contributed by atoms with Crippen LogP contribution < -0.4 is 11.1 Å². The quantitative estimate of drug-likeness (QED) is 0.906. The number of hydrogen-bond acceptors (Lipinski definition) is 4. The molecule has 1 aromatic heterocycles. The topological polar surface area (TPSA) is 80.9 Å². The maximum Gasteiger partial charge on any atom is 0.416 e. The molecule has 2 rings (SSSR count). The van der Waals surface area contributed by atoms with Crippen molar-refractivity contribution in [3.8, 4) is 11.4 Å². The Bertz CT molecular complexity index is 727. The molecule has 8 heteroatoms. The fourth-order valence-corrected chi connectivity index (χ4v) is 1.91. The number of aryl methyl sites for hydroxylation is 1. The fraction of sp³-hybridized carbons (Fsp3) is 0.267. The van der Waals surface area contributed by atoms with Crippen LogP contribution in [0.4, 0.5) is 19.0 Å². The van der Waals surface area contributed by atoms with Crippen LogP contribution in [0.2, 0.25) is 0 Å². The van der Waals surface area contributed by atoms with Crippen LogP contribution >= 0.6 is 0 Å². The normalized spacial score (nSPS) is 11.3. The van der Waals surface area contributed by atoms with Crippen molar-refractivity contribution in [2.24, 2.45) is 5.73 Å². The summed E-state index contributed by atoms with van der Waals surface area (Å²) in [6.45, 7) is 3.43. The summed E-state index contributed by atoms with van der Waals surface area (Å²) in [5, 5.41) is 2.79. The fourth-order valence-electron chi connectivity index (χ4n) is 1.91. The van der Waals surface area contributed by atoms with E-state index < -0.39 is 17.6 Å². The standard InChI is InChI=1S/C15H15F3N4O/c1-8-9(2)21-14(22-13(8)20-7-12(19)23)10-3-5-11(6-4-10)15(16,17)18/h3-6H,7H2,1-2H3,(H2,19,23)(H,20,21,22). The van der Waals surface area contributed by atoms with E-state index in [0.29, 0.717) is 17.1 Å². The van der Waals surface area contributed by atoms with Crippen LogP contribution in [0.25, 0.3) is 11.4 Å². The molecular formula is C15H15F3N4O. The molecule has 2 aromatic rings. The highest BCUT2D eigenvalue weighted by Gasteiger charge is 2.30. The molecule has 0 radical (unpaired) electrons. The second kappa shape index (κ2) is 6.23. The van der Waals surface area contributed by atoms with Gasteiger partial charge in [0.25, 0.3) is 0 Å². The first-order valence-electron chi connectivity index (χ1n) is 6.73. The van der Waals surface area contributed by atoms with Gasteiger partial charge in [0.1, 0.15) is 5.82 Å². The summed E-state index contributed by atoms with van der Waals surface area (Å²) in [6.07, 6.45) is -4.39. The van der Waals surface area contributed by atoms with Crippen molar-refractivity contribution in [1.29, 1.82) is 0 Å². The SMILES string of the molecule is Cc1nc(-c2ccc(C(F)(F)F)cc2)nc(NCC(N)=O)c1C. The number of primary amides is 1. The van der Waals surface area contributed by atoms with Crippen LogP contribution in [0.1, 0.15) is 16.8 Å². The summed E-state index contributed by atoms with van der Waals surface area (Å²) in [6, 6.07) is 4.57. The van der Waals surface area contributed by atoms with E-state index in [4.69, 9.17) is 5.73 Å². The Kier molecular flexibility index (Phi) is 4.53. The number of amides is 1. The van der Waals surface area contributed by atoms with Gasteiger partial charge in [-0.15, -0.1) is 0 Å². The molecule has 3 N–H and O–H groups in total. The van der Waals surface area contributed by atoms with Gasteiger partial charge in [0, 0.05) is 16.8 Å². The molecule has 1 heterocycles. The molecule has 122 valence electrons. The number of hydrogen-bond donors (Lipinski definition) is 2. The van der Waals surface area contributed by atoms with Gasteiger partial charge in [0.05, 0.1) is 12.1 Å². The van der Waals surface area contributed by atoms with Crippen molar-refractivity contribution in [3.63, 3.8) is 0 Å². The smallest absolute Gasteiger partial charge is 0.368 e. The van der Waals surface area contributed by atoms with E-state index in [2.05, 4.69) is 15.3 Å². The van der Waals surface area contributed by atoms with Crippen molar-refractivity contribution in [3.05, 3.63) is 41.1 Å². The van der Waals surface area contributed by atoms with Crippen molar-refractivity contribution in [1.82, 2.24) is 9.97 Å². The summed E-state index contributed by atoms with van der Waals surface area (Å²) in [7, 11) is 0. The Balaban J connectivity index is 2.37. The third-order valence-corrected chi connectivity index (χ3v) is 3.29. The lowest BCUT2D eigenvalue weighted by Gasteiger charge is -2.12. The number of aromatic nitrogens is 2. The van der Waals surface area contributed by atoms with Gasteiger partial charge in [0.15, 0.2) is 5.82 Å². The van der Waals surface area contributed by atoms with Gasteiger partial charge in [-0.05, 0) is 26.0 Å².